The number of rotatable bonds is 8. The van der Waals surface area contributed by atoms with E-state index in [2.05, 4.69) is 23.6 Å². The summed E-state index contributed by atoms with van der Waals surface area (Å²) in [7, 11) is 0. The van der Waals surface area contributed by atoms with Gasteiger partial charge in [-0.15, -0.1) is 0 Å². The van der Waals surface area contributed by atoms with Gasteiger partial charge in [0.15, 0.2) is 0 Å². The molecule has 1 saturated heterocycles. The van der Waals surface area contributed by atoms with Crippen molar-refractivity contribution < 1.29 is 14.6 Å². The molecule has 1 aliphatic heterocycles. The number of carbonyl (C=O) groups excluding carboxylic acids is 1. The van der Waals surface area contributed by atoms with Crippen LogP contribution in [0.3, 0.4) is 0 Å². The van der Waals surface area contributed by atoms with Gasteiger partial charge in [0.1, 0.15) is 24.3 Å². The minimum Gasteiger partial charge on any atom is -0.491 e. The van der Waals surface area contributed by atoms with E-state index in [-0.39, 0.29) is 18.4 Å². The molecule has 6 heteroatoms. The Labute approximate surface area is 212 Å². The van der Waals surface area contributed by atoms with Gasteiger partial charge >= 0.3 is 0 Å². The van der Waals surface area contributed by atoms with Crippen molar-refractivity contribution in [1.82, 2.24) is 9.55 Å². The third-order valence-electron chi connectivity index (χ3n) is 7.00. The third-order valence-corrected chi connectivity index (χ3v) is 7.00. The second-order valence-corrected chi connectivity index (χ2v) is 9.73. The highest BCUT2D eigenvalue weighted by Gasteiger charge is 2.35. The number of anilines is 1. The van der Waals surface area contributed by atoms with Crippen LogP contribution in [0.25, 0.3) is 11.0 Å². The van der Waals surface area contributed by atoms with E-state index in [4.69, 9.17) is 9.72 Å². The van der Waals surface area contributed by atoms with E-state index in [0.29, 0.717) is 19.5 Å². The van der Waals surface area contributed by atoms with E-state index >= 15 is 0 Å². The molecule has 186 valence electrons. The molecule has 1 N–H and O–H groups in total. The zero-order valence-corrected chi connectivity index (χ0v) is 21.1. The summed E-state index contributed by atoms with van der Waals surface area (Å²) in [4.78, 5) is 19.8. The van der Waals surface area contributed by atoms with E-state index in [1.807, 2.05) is 73.3 Å². The summed E-state index contributed by atoms with van der Waals surface area (Å²) in [5.74, 6) is 1.67. The van der Waals surface area contributed by atoms with Crippen molar-refractivity contribution in [3.8, 4) is 5.75 Å². The van der Waals surface area contributed by atoms with E-state index in [0.717, 1.165) is 45.8 Å². The van der Waals surface area contributed by atoms with E-state index in [1.54, 1.807) is 0 Å². The van der Waals surface area contributed by atoms with Crippen LogP contribution in [0.4, 0.5) is 5.69 Å². The lowest BCUT2D eigenvalue weighted by Gasteiger charge is -2.19. The number of hydrogen-bond acceptors (Lipinski definition) is 4. The molecule has 0 spiro atoms. The number of fused-ring (bicyclic) bond motifs is 1. The predicted octanol–water partition coefficient (Wildman–Crippen LogP) is 5.18. The maximum absolute atomic E-state index is 13.0. The maximum atomic E-state index is 13.0. The fraction of sp³-hybridized carbons (Fsp3) is 0.333. The van der Waals surface area contributed by atoms with Crippen molar-refractivity contribution in [3.63, 3.8) is 0 Å². The van der Waals surface area contributed by atoms with Gasteiger partial charge < -0.3 is 19.3 Å². The lowest BCUT2D eigenvalue weighted by molar-refractivity contribution is -0.117. The Hall–Kier alpha value is -3.64. The summed E-state index contributed by atoms with van der Waals surface area (Å²) in [5.41, 5.74) is 6.15. The van der Waals surface area contributed by atoms with Crippen LogP contribution in [0.1, 0.15) is 41.8 Å². The molecule has 36 heavy (non-hydrogen) atoms. The van der Waals surface area contributed by atoms with Gasteiger partial charge in [0, 0.05) is 24.6 Å². The summed E-state index contributed by atoms with van der Waals surface area (Å²) in [6, 6.07) is 22.2. The lowest BCUT2D eigenvalue weighted by Crippen LogP contribution is -2.26. The molecule has 6 nitrogen and oxygen atoms in total. The molecule has 1 aromatic heterocycles. The lowest BCUT2D eigenvalue weighted by atomic mass is 10.1. The SMILES string of the molecule is CCc1ccc(N2C[C@@H](c3nc4ccccc4n3C[C@H](O)COc3cc(C)ccc3C)CC2=O)cc1. The fourth-order valence-corrected chi connectivity index (χ4v) is 4.95. The number of aromatic nitrogens is 2. The molecule has 0 radical (unpaired) electrons. The summed E-state index contributed by atoms with van der Waals surface area (Å²) >= 11 is 0. The van der Waals surface area contributed by atoms with Crippen LogP contribution in [0.5, 0.6) is 5.75 Å². The topological polar surface area (TPSA) is 67.6 Å². The number of aliphatic hydroxyl groups is 1. The smallest absolute Gasteiger partial charge is 0.227 e. The van der Waals surface area contributed by atoms with Crippen molar-refractivity contribution in [2.45, 2.75) is 52.2 Å². The number of aryl methyl sites for hydroxylation is 3. The Morgan fingerprint density at radius 1 is 1.08 bits per heavy atom. The highest BCUT2D eigenvalue weighted by molar-refractivity contribution is 5.96. The minimum atomic E-state index is -0.726. The normalized spacial score (nSPS) is 16.6. The zero-order chi connectivity index (χ0) is 25.2. The molecule has 1 fully saturated rings. The van der Waals surface area contributed by atoms with Crippen molar-refractivity contribution in [3.05, 3.63) is 89.2 Å². The monoisotopic (exact) mass is 483 g/mol. The van der Waals surface area contributed by atoms with Crippen LogP contribution in [0.2, 0.25) is 0 Å². The largest absolute Gasteiger partial charge is 0.491 e. The highest BCUT2D eigenvalue weighted by atomic mass is 16.5. The van der Waals surface area contributed by atoms with Crippen LogP contribution >= 0.6 is 0 Å². The molecule has 0 bridgehead atoms. The van der Waals surface area contributed by atoms with Crippen LogP contribution in [0, 0.1) is 13.8 Å². The van der Waals surface area contributed by atoms with Gasteiger partial charge in [-0.05, 0) is 67.3 Å². The molecular formula is C30H33N3O3. The van der Waals surface area contributed by atoms with Crippen LogP contribution < -0.4 is 9.64 Å². The van der Waals surface area contributed by atoms with Crippen molar-refractivity contribution in [2.75, 3.05) is 18.1 Å². The quantitative estimate of drug-likeness (QED) is 0.375. The summed E-state index contributed by atoms with van der Waals surface area (Å²) in [6.45, 7) is 7.24. The molecule has 4 aromatic rings. The standard InChI is InChI=1S/C30H33N3O3/c1-4-22-11-13-24(14-12-22)32-17-23(16-29(32)35)30-31-26-7-5-6-8-27(26)33(30)18-25(34)19-36-28-15-20(2)9-10-21(28)3/h5-15,23,25,34H,4,16-19H2,1-3H3/t23-,25-/m0/s1. The van der Waals surface area contributed by atoms with Crippen molar-refractivity contribution >= 4 is 22.6 Å². The van der Waals surface area contributed by atoms with Gasteiger partial charge in [-0.25, -0.2) is 4.98 Å². The Kier molecular flexibility index (Phi) is 6.79. The predicted molar refractivity (Wildman–Crippen MR) is 143 cm³/mol. The van der Waals surface area contributed by atoms with Crippen LogP contribution in [-0.2, 0) is 17.8 Å². The number of benzene rings is 3. The number of aliphatic hydroxyl groups excluding tert-OH is 1. The molecule has 2 heterocycles. The van der Waals surface area contributed by atoms with Gasteiger partial charge in [0.25, 0.3) is 0 Å². The molecule has 0 unspecified atom stereocenters. The Bertz CT molecular complexity index is 1380. The Morgan fingerprint density at radius 3 is 2.64 bits per heavy atom. The minimum absolute atomic E-state index is 0.0529. The van der Waals surface area contributed by atoms with E-state index < -0.39 is 6.10 Å². The summed E-state index contributed by atoms with van der Waals surface area (Å²) < 4.78 is 8.03. The van der Waals surface area contributed by atoms with Crippen molar-refractivity contribution in [2.24, 2.45) is 0 Å². The number of hydrogen-bond donors (Lipinski definition) is 1. The van der Waals surface area contributed by atoms with E-state index in [1.165, 1.54) is 5.56 Å². The first-order chi connectivity index (χ1) is 17.4. The number of para-hydroxylation sites is 2. The number of amides is 1. The second kappa shape index (κ2) is 10.2. The molecule has 5 rings (SSSR count). The first kappa shape index (κ1) is 24.1. The highest BCUT2D eigenvalue weighted by Crippen LogP contribution is 2.33. The molecule has 2 atom stereocenters. The van der Waals surface area contributed by atoms with Crippen LogP contribution in [0.15, 0.2) is 66.7 Å². The van der Waals surface area contributed by atoms with Gasteiger partial charge in [-0.1, -0.05) is 43.3 Å². The molecule has 0 aliphatic carbocycles. The van der Waals surface area contributed by atoms with Gasteiger partial charge in [0.2, 0.25) is 5.91 Å². The van der Waals surface area contributed by atoms with Gasteiger partial charge in [0.05, 0.1) is 17.6 Å². The zero-order valence-electron chi connectivity index (χ0n) is 21.1. The Balaban J connectivity index is 1.37. The van der Waals surface area contributed by atoms with Crippen LogP contribution in [-0.4, -0.2) is 39.8 Å². The molecular weight excluding hydrogens is 450 g/mol. The number of nitrogens with zero attached hydrogens (tertiary/aromatic N) is 3. The number of ether oxygens (including phenoxy) is 1. The summed E-state index contributed by atoms with van der Waals surface area (Å²) in [6.07, 6.45) is 0.640. The van der Waals surface area contributed by atoms with Gasteiger partial charge in [-0.2, -0.15) is 0 Å². The average molecular weight is 484 g/mol. The first-order valence-corrected chi connectivity index (χ1v) is 12.7. The third kappa shape index (κ3) is 4.86. The van der Waals surface area contributed by atoms with Gasteiger partial charge in [-0.3, -0.25) is 4.79 Å². The maximum Gasteiger partial charge on any atom is 0.227 e. The average Bonchev–Trinajstić information content (AvgIpc) is 3.45. The molecule has 0 saturated carbocycles. The molecule has 1 amide bonds. The van der Waals surface area contributed by atoms with E-state index in [9.17, 15) is 9.90 Å². The molecule has 1 aliphatic rings. The second-order valence-electron chi connectivity index (χ2n) is 9.73. The van der Waals surface area contributed by atoms with Crippen molar-refractivity contribution in [1.29, 1.82) is 0 Å². The Morgan fingerprint density at radius 2 is 1.86 bits per heavy atom. The number of carbonyl (C=O) groups is 1. The molecule has 3 aromatic carbocycles. The first-order valence-electron chi connectivity index (χ1n) is 12.7. The summed E-state index contributed by atoms with van der Waals surface area (Å²) in [5, 5.41) is 10.9. The number of imidazole rings is 1. The fourth-order valence-electron chi connectivity index (χ4n) is 4.95.